The van der Waals surface area contributed by atoms with E-state index in [1.54, 1.807) is 0 Å². The molecule has 0 atom stereocenters. The lowest BCUT2D eigenvalue weighted by Crippen LogP contribution is -2.56. The van der Waals surface area contributed by atoms with Crippen LogP contribution in [0.5, 0.6) is 0 Å². The van der Waals surface area contributed by atoms with Gasteiger partial charge in [0.15, 0.2) is 0 Å². The summed E-state index contributed by atoms with van der Waals surface area (Å²) in [6.45, 7) is 8.36. The van der Waals surface area contributed by atoms with Gasteiger partial charge in [0.2, 0.25) is 0 Å². The van der Waals surface area contributed by atoms with Gasteiger partial charge in [0.1, 0.15) is 0 Å². The molecule has 29 heavy (non-hydrogen) atoms. The molecule has 1 fully saturated rings. The van der Waals surface area contributed by atoms with E-state index in [9.17, 15) is 5.21 Å². The summed E-state index contributed by atoms with van der Waals surface area (Å²) in [5.41, 5.74) is 5.77. The van der Waals surface area contributed by atoms with Crippen molar-refractivity contribution in [3.63, 3.8) is 0 Å². The van der Waals surface area contributed by atoms with Gasteiger partial charge in [-0.1, -0.05) is 48.6 Å². The molecule has 2 nitrogen and oxygen atoms in total. The van der Waals surface area contributed by atoms with Crippen LogP contribution in [-0.2, 0) is 12.8 Å². The maximum atomic E-state index is 9.80. The fourth-order valence-electron chi connectivity index (χ4n) is 5.29. The van der Waals surface area contributed by atoms with Gasteiger partial charge in [-0.3, -0.25) is 0 Å². The number of hydrogen-bond donors (Lipinski definition) is 1. The fourth-order valence-corrected chi connectivity index (χ4v) is 5.29. The zero-order valence-electron chi connectivity index (χ0n) is 18.5. The van der Waals surface area contributed by atoms with Crippen molar-refractivity contribution in [1.29, 1.82) is 0 Å². The molecule has 0 radical (unpaired) electrons. The van der Waals surface area contributed by atoms with Crippen LogP contribution in [0.15, 0.2) is 36.4 Å². The maximum Gasteiger partial charge on any atom is 0.0410 e. The average molecular weight is 390 g/mol. The minimum absolute atomic E-state index is 0.0399. The first kappa shape index (κ1) is 20.4. The Hall–Kier alpha value is -1.90. The third kappa shape index (κ3) is 3.93. The van der Waals surface area contributed by atoms with E-state index in [4.69, 9.17) is 0 Å². The lowest BCUT2D eigenvalue weighted by atomic mass is 9.82. The Balaban J connectivity index is 0.000000161. The van der Waals surface area contributed by atoms with E-state index in [0.717, 1.165) is 19.3 Å². The number of fused-ring (bicyclic) bond motifs is 5. The highest BCUT2D eigenvalue weighted by atomic mass is 16.5. The Labute approximate surface area is 175 Å². The predicted molar refractivity (Wildman–Crippen MR) is 122 cm³/mol. The summed E-state index contributed by atoms with van der Waals surface area (Å²) in [6, 6.07) is 13.5. The van der Waals surface area contributed by atoms with Crippen molar-refractivity contribution in [2.24, 2.45) is 0 Å². The van der Waals surface area contributed by atoms with E-state index in [1.165, 1.54) is 63.4 Å². The highest BCUT2D eigenvalue weighted by molar-refractivity contribution is 5.74. The highest BCUT2D eigenvalue weighted by Gasteiger charge is 2.40. The van der Waals surface area contributed by atoms with Crippen LogP contribution < -0.4 is 10.4 Å². The van der Waals surface area contributed by atoms with Crippen molar-refractivity contribution in [3.05, 3.63) is 58.0 Å². The molecule has 0 amide bonds. The second-order valence-electron chi connectivity index (χ2n) is 10.1. The molecule has 0 unspecified atom stereocenters. The zero-order valence-corrected chi connectivity index (χ0v) is 18.5. The fraction of sp³-hybridized carbons (Fsp3) is 0.481. The molecule has 1 aliphatic heterocycles. The lowest BCUT2D eigenvalue weighted by molar-refractivity contribution is -0.241. The van der Waals surface area contributed by atoms with Crippen LogP contribution in [0.4, 0.5) is 0 Å². The summed E-state index contributed by atoms with van der Waals surface area (Å²) in [4.78, 5) is 0. The summed E-state index contributed by atoms with van der Waals surface area (Å²) >= 11 is 0. The van der Waals surface area contributed by atoms with Crippen LogP contribution in [0.1, 0.15) is 70.9 Å². The van der Waals surface area contributed by atoms with Crippen LogP contribution in [0, 0.1) is 0 Å². The highest BCUT2D eigenvalue weighted by Crippen LogP contribution is 2.36. The molecule has 0 aromatic heterocycles. The minimum atomic E-state index is -0.0399. The Morgan fingerprint density at radius 2 is 1.48 bits per heavy atom. The number of nitrogens with zero attached hydrogens (tertiary/aromatic N) is 1. The van der Waals surface area contributed by atoms with Gasteiger partial charge in [-0.05, 0) is 105 Å². The van der Waals surface area contributed by atoms with Gasteiger partial charge in [0.25, 0.3) is 0 Å². The molecule has 1 heterocycles. The van der Waals surface area contributed by atoms with Gasteiger partial charge < -0.3 is 5.21 Å². The predicted octanol–water partition coefficient (Wildman–Crippen LogP) is 5.23. The minimum Gasteiger partial charge on any atom is -0.313 e. The molecule has 1 N–H and O–H groups in total. The van der Waals surface area contributed by atoms with Crippen molar-refractivity contribution in [1.82, 2.24) is 5.06 Å². The van der Waals surface area contributed by atoms with Gasteiger partial charge in [-0.15, -0.1) is 0 Å². The number of aryl methyl sites for hydroxylation is 1. The second-order valence-corrected chi connectivity index (χ2v) is 10.1. The topological polar surface area (TPSA) is 23.5 Å². The number of benzene rings is 2. The smallest absolute Gasteiger partial charge is 0.0410 e. The average Bonchev–Trinajstić information content (AvgIpc) is 2.72. The van der Waals surface area contributed by atoms with Crippen LogP contribution in [0.3, 0.4) is 0 Å². The van der Waals surface area contributed by atoms with Crippen molar-refractivity contribution < 1.29 is 5.21 Å². The molecule has 0 saturated carbocycles. The summed E-state index contributed by atoms with van der Waals surface area (Å²) in [6.07, 6.45) is 13.1. The quantitative estimate of drug-likeness (QED) is 0.667. The van der Waals surface area contributed by atoms with Crippen molar-refractivity contribution in [2.45, 2.75) is 83.7 Å². The monoisotopic (exact) mass is 389 g/mol. The molecule has 2 aliphatic carbocycles. The first-order chi connectivity index (χ1) is 13.8. The van der Waals surface area contributed by atoms with Crippen LogP contribution in [0.2, 0.25) is 0 Å². The normalized spacial score (nSPS) is 21.3. The summed E-state index contributed by atoms with van der Waals surface area (Å²) in [5.74, 6) is 0. The SMILES string of the molecule is C1=c2c(ccc3c2=CCc2ccccc2-3)CCC1.CC1(C)CCCC(C)(C)N1O. The standard InChI is InChI=1S/C18H16.C9H19NO/c1-3-7-15-13(5-1)9-11-18-16-8-4-2-6-14(16)10-12-17(15)18;1-8(2)6-5-7-9(3,4)10(8)11/h1,3,5,7-8,10-12H,2,4,6,9H2;11H,5-7H2,1-4H3. The Morgan fingerprint density at radius 3 is 2.21 bits per heavy atom. The summed E-state index contributed by atoms with van der Waals surface area (Å²) in [7, 11) is 0. The van der Waals surface area contributed by atoms with E-state index in [-0.39, 0.29) is 11.1 Å². The lowest BCUT2D eigenvalue weighted by Gasteiger charge is -2.48. The Kier molecular flexibility index (Phi) is 5.44. The van der Waals surface area contributed by atoms with Crippen LogP contribution in [-0.4, -0.2) is 21.3 Å². The number of hydrogen-bond acceptors (Lipinski definition) is 2. The molecule has 154 valence electrons. The maximum absolute atomic E-state index is 9.80. The van der Waals surface area contributed by atoms with Gasteiger partial charge in [-0.25, -0.2) is 0 Å². The molecule has 2 aromatic rings. The third-order valence-corrected chi connectivity index (χ3v) is 6.93. The Bertz CT molecular complexity index is 999. The number of piperidine rings is 1. The van der Waals surface area contributed by atoms with E-state index < -0.39 is 0 Å². The first-order valence-corrected chi connectivity index (χ1v) is 11.2. The summed E-state index contributed by atoms with van der Waals surface area (Å²) < 4.78 is 0. The van der Waals surface area contributed by atoms with Crippen LogP contribution >= 0.6 is 0 Å². The molecule has 1 saturated heterocycles. The number of hydroxylamine groups is 2. The largest absolute Gasteiger partial charge is 0.313 e. The number of rotatable bonds is 0. The molecule has 2 aromatic carbocycles. The molecular formula is C27H35NO. The zero-order chi connectivity index (χ0) is 20.6. The van der Waals surface area contributed by atoms with Gasteiger partial charge >= 0.3 is 0 Å². The van der Waals surface area contributed by atoms with Gasteiger partial charge in [-0.2, -0.15) is 5.06 Å². The molecule has 5 rings (SSSR count). The van der Waals surface area contributed by atoms with Crippen molar-refractivity contribution in [2.75, 3.05) is 0 Å². The van der Waals surface area contributed by atoms with Gasteiger partial charge in [0.05, 0.1) is 0 Å². The van der Waals surface area contributed by atoms with E-state index in [2.05, 4.69) is 76.2 Å². The molecule has 0 spiro atoms. The van der Waals surface area contributed by atoms with Crippen molar-refractivity contribution in [3.8, 4) is 11.1 Å². The summed E-state index contributed by atoms with van der Waals surface area (Å²) in [5, 5.41) is 14.3. The second kappa shape index (κ2) is 7.74. The van der Waals surface area contributed by atoms with E-state index in [0.29, 0.717) is 0 Å². The van der Waals surface area contributed by atoms with E-state index >= 15 is 0 Å². The molecule has 0 bridgehead atoms. The third-order valence-electron chi connectivity index (χ3n) is 6.93. The molecule has 2 heteroatoms. The van der Waals surface area contributed by atoms with E-state index in [1.807, 2.05) is 0 Å². The Morgan fingerprint density at radius 1 is 0.759 bits per heavy atom. The molecule has 3 aliphatic rings. The van der Waals surface area contributed by atoms with Crippen LogP contribution in [0.25, 0.3) is 23.3 Å². The van der Waals surface area contributed by atoms with Gasteiger partial charge in [0, 0.05) is 11.1 Å². The molecular weight excluding hydrogens is 354 g/mol. The first-order valence-electron chi connectivity index (χ1n) is 11.2. The van der Waals surface area contributed by atoms with Crippen molar-refractivity contribution >= 4 is 12.2 Å².